The molecule has 0 aliphatic rings. The molecule has 4 aromatic carbocycles. The molecule has 0 atom stereocenters. The number of hydrogen-bond donors (Lipinski definition) is 1. The molecule has 0 saturated heterocycles. The van der Waals surface area contributed by atoms with Crippen molar-refractivity contribution in [1.82, 2.24) is 4.98 Å². The third kappa shape index (κ3) is 7.33. The molecule has 5 aromatic rings. The molecule has 0 fully saturated rings. The number of aromatic nitrogens is 1. The largest absolute Gasteiger partial charge is 0.497 e. The lowest BCUT2D eigenvalue weighted by Crippen LogP contribution is -2.29. The number of carbonyl (C=O) groups is 1. The van der Waals surface area contributed by atoms with E-state index in [1.165, 1.54) is 16.2 Å². The first-order chi connectivity index (χ1) is 19.6. The number of hydrogen-bond acceptors (Lipinski definition) is 6. The van der Waals surface area contributed by atoms with E-state index in [2.05, 4.69) is 33.9 Å². The van der Waals surface area contributed by atoms with Gasteiger partial charge in [0.15, 0.2) is 5.13 Å². The van der Waals surface area contributed by atoms with Crippen LogP contribution in [-0.2, 0) is 6.54 Å². The second kappa shape index (κ2) is 13.3. The average Bonchev–Trinajstić information content (AvgIpc) is 3.46. The van der Waals surface area contributed by atoms with Crippen molar-refractivity contribution in [2.45, 2.75) is 11.4 Å². The van der Waals surface area contributed by atoms with Crippen molar-refractivity contribution in [3.63, 3.8) is 0 Å². The Bertz CT molecular complexity index is 1570. The lowest BCUT2D eigenvalue weighted by atomic mass is 10.2. The number of amides is 1. The molecular formula is C32H26ClN3O2S2. The standard InChI is InChI=1S/C32H26ClN3O2S2/c1-38-28-17-9-24(10-18-28)22-36(27-15-11-25(33)12-16-27)31(37)30-21-34-32(40-30)35-26-13-7-23(8-14-26)19-20-39-29-5-3-2-4-6-29/h2-21H,22H2,1H3,(H,34,35)/b20-19+. The van der Waals surface area contributed by atoms with Gasteiger partial charge in [-0.25, -0.2) is 4.98 Å². The number of nitrogens with one attached hydrogen (secondary N) is 1. The number of halogens is 1. The van der Waals surface area contributed by atoms with Crippen molar-refractivity contribution in [1.29, 1.82) is 0 Å². The number of nitrogens with zero attached hydrogens (tertiary/aromatic N) is 2. The topological polar surface area (TPSA) is 54.5 Å². The molecule has 1 aromatic heterocycles. The molecule has 1 heterocycles. The van der Waals surface area contributed by atoms with Crippen LogP contribution in [0.25, 0.3) is 6.08 Å². The molecule has 40 heavy (non-hydrogen) atoms. The molecule has 0 aliphatic carbocycles. The van der Waals surface area contributed by atoms with E-state index in [1.54, 1.807) is 42.1 Å². The molecule has 0 radical (unpaired) electrons. The zero-order chi connectivity index (χ0) is 27.7. The second-order valence-corrected chi connectivity index (χ2v) is 11.2. The number of methoxy groups -OCH3 is 1. The third-order valence-electron chi connectivity index (χ3n) is 5.97. The number of carbonyl (C=O) groups excluding carboxylic acids is 1. The first-order valence-corrected chi connectivity index (χ1v) is 14.6. The first-order valence-electron chi connectivity index (χ1n) is 12.5. The molecule has 1 N–H and O–H groups in total. The number of rotatable bonds is 10. The highest BCUT2D eigenvalue weighted by molar-refractivity contribution is 8.02. The highest BCUT2D eigenvalue weighted by Gasteiger charge is 2.21. The van der Waals surface area contributed by atoms with Crippen LogP contribution in [-0.4, -0.2) is 18.0 Å². The van der Waals surface area contributed by atoms with E-state index in [0.29, 0.717) is 21.6 Å². The molecule has 0 aliphatic heterocycles. The molecule has 1 amide bonds. The molecule has 0 spiro atoms. The molecule has 8 heteroatoms. The highest BCUT2D eigenvalue weighted by atomic mass is 35.5. The van der Waals surface area contributed by atoms with E-state index in [4.69, 9.17) is 16.3 Å². The minimum absolute atomic E-state index is 0.139. The Hall–Kier alpha value is -4.04. The summed E-state index contributed by atoms with van der Waals surface area (Å²) in [7, 11) is 1.63. The highest BCUT2D eigenvalue weighted by Crippen LogP contribution is 2.28. The molecular weight excluding hydrogens is 558 g/mol. The number of anilines is 3. The van der Waals surface area contributed by atoms with Crippen molar-refractivity contribution in [3.8, 4) is 5.75 Å². The summed E-state index contributed by atoms with van der Waals surface area (Å²) in [5, 5.41) is 6.65. The molecule has 5 nitrogen and oxygen atoms in total. The predicted molar refractivity (Wildman–Crippen MR) is 168 cm³/mol. The SMILES string of the molecule is COc1ccc(CN(C(=O)c2cnc(Nc3ccc(/C=C/Sc4ccccc4)cc3)s2)c2ccc(Cl)cc2)cc1. The van der Waals surface area contributed by atoms with Crippen LogP contribution >= 0.6 is 34.7 Å². The number of thioether (sulfide) groups is 1. The number of ether oxygens (including phenoxy) is 1. The van der Waals surface area contributed by atoms with Crippen molar-refractivity contribution >= 4 is 63.2 Å². The smallest absolute Gasteiger partial charge is 0.270 e. The van der Waals surface area contributed by atoms with E-state index in [-0.39, 0.29) is 5.91 Å². The van der Waals surface area contributed by atoms with E-state index < -0.39 is 0 Å². The molecule has 5 rings (SSSR count). The van der Waals surface area contributed by atoms with Gasteiger partial charge in [-0.15, -0.1) is 0 Å². The zero-order valence-corrected chi connectivity index (χ0v) is 24.0. The van der Waals surface area contributed by atoms with Crippen LogP contribution < -0.4 is 15.0 Å². The van der Waals surface area contributed by atoms with E-state index >= 15 is 0 Å². The first kappa shape index (κ1) is 27.5. The van der Waals surface area contributed by atoms with Crippen LogP contribution in [0.3, 0.4) is 0 Å². The van der Waals surface area contributed by atoms with Crippen LogP contribution in [0.4, 0.5) is 16.5 Å². The Balaban J connectivity index is 1.27. The van der Waals surface area contributed by atoms with Crippen LogP contribution in [0.15, 0.2) is 120 Å². The van der Waals surface area contributed by atoms with E-state index in [1.807, 2.05) is 78.9 Å². The lowest BCUT2D eigenvalue weighted by molar-refractivity contribution is 0.0989. The normalized spacial score (nSPS) is 10.9. The van der Waals surface area contributed by atoms with Gasteiger partial charge in [0.05, 0.1) is 19.9 Å². The summed E-state index contributed by atoms with van der Waals surface area (Å²) in [6, 6.07) is 33.3. The van der Waals surface area contributed by atoms with Crippen molar-refractivity contribution in [2.75, 3.05) is 17.3 Å². The predicted octanol–water partition coefficient (Wildman–Crippen LogP) is 9.16. The lowest BCUT2D eigenvalue weighted by Gasteiger charge is -2.22. The van der Waals surface area contributed by atoms with Crippen LogP contribution in [0.1, 0.15) is 20.8 Å². The molecule has 0 bridgehead atoms. The fourth-order valence-electron chi connectivity index (χ4n) is 3.87. The van der Waals surface area contributed by atoms with Gasteiger partial charge in [-0.1, -0.05) is 77.2 Å². The van der Waals surface area contributed by atoms with Crippen molar-refractivity contribution in [3.05, 3.63) is 136 Å². The Morgan fingerprint density at radius 1 is 0.975 bits per heavy atom. The van der Waals surface area contributed by atoms with Crippen molar-refractivity contribution in [2.24, 2.45) is 0 Å². The Labute approximate surface area is 247 Å². The number of thiazole rings is 1. The monoisotopic (exact) mass is 583 g/mol. The second-order valence-electron chi connectivity index (χ2n) is 8.73. The Morgan fingerprint density at radius 2 is 1.70 bits per heavy atom. The summed E-state index contributed by atoms with van der Waals surface area (Å²) >= 11 is 9.10. The van der Waals surface area contributed by atoms with Gasteiger partial charge in [0.2, 0.25) is 0 Å². The quantitative estimate of drug-likeness (QED) is 0.166. The van der Waals surface area contributed by atoms with Crippen LogP contribution in [0.5, 0.6) is 5.75 Å². The van der Waals surface area contributed by atoms with Crippen LogP contribution in [0.2, 0.25) is 5.02 Å². The summed E-state index contributed by atoms with van der Waals surface area (Å²) < 4.78 is 5.27. The molecule has 200 valence electrons. The van der Waals surface area contributed by atoms with Gasteiger partial charge in [0, 0.05) is 21.3 Å². The van der Waals surface area contributed by atoms with Gasteiger partial charge >= 0.3 is 0 Å². The fraction of sp³-hybridized carbons (Fsp3) is 0.0625. The molecule has 0 unspecified atom stereocenters. The summed E-state index contributed by atoms with van der Waals surface area (Å²) in [5.41, 5.74) is 3.72. The van der Waals surface area contributed by atoms with Gasteiger partial charge in [0.1, 0.15) is 10.6 Å². The minimum atomic E-state index is -0.139. The minimum Gasteiger partial charge on any atom is -0.497 e. The van der Waals surface area contributed by atoms with E-state index in [9.17, 15) is 4.79 Å². The summed E-state index contributed by atoms with van der Waals surface area (Å²) in [6.45, 7) is 0.392. The summed E-state index contributed by atoms with van der Waals surface area (Å²) in [4.78, 5) is 21.6. The maximum Gasteiger partial charge on any atom is 0.270 e. The van der Waals surface area contributed by atoms with Crippen LogP contribution in [0, 0.1) is 0 Å². The van der Waals surface area contributed by atoms with Gasteiger partial charge in [-0.2, -0.15) is 0 Å². The molecule has 0 saturated carbocycles. The fourth-order valence-corrected chi connectivity index (χ4v) is 5.48. The van der Waals surface area contributed by atoms with Gasteiger partial charge in [0.25, 0.3) is 5.91 Å². The summed E-state index contributed by atoms with van der Waals surface area (Å²) in [5.74, 6) is 0.626. The van der Waals surface area contributed by atoms with Gasteiger partial charge < -0.3 is 15.0 Å². The zero-order valence-electron chi connectivity index (χ0n) is 21.7. The van der Waals surface area contributed by atoms with Crippen molar-refractivity contribution < 1.29 is 9.53 Å². The Morgan fingerprint density at radius 3 is 2.40 bits per heavy atom. The number of benzene rings is 4. The third-order valence-corrected chi connectivity index (χ3v) is 7.94. The van der Waals surface area contributed by atoms with E-state index in [0.717, 1.165) is 28.3 Å². The van der Waals surface area contributed by atoms with Gasteiger partial charge in [-0.3, -0.25) is 4.79 Å². The van der Waals surface area contributed by atoms with Gasteiger partial charge in [-0.05, 0) is 83.3 Å². The maximum atomic E-state index is 13.7. The Kier molecular flexibility index (Phi) is 9.18. The average molecular weight is 584 g/mol. The summed E-state index contributed by atoms with van der Waals surface area (Å²) in [6.07, 6.45) is 3.69. The maximum absolute atomic E-state index is 13.7.